The molecular weight excluding hydrogens is 462 g/mol. The van der Waals surface area contributed by atoms with Crippen molar-refractivity contribution in [1.29, 1.82) is 0 Å². The van der Waals surface area contributed by atoms with Crippen LogP contribution >= 0.6 is 12.2 Å². The summed E-state index contributed by atoms with van der Waals surface area (Å²) in [7, 11) is 4.10. The molecule has 5 nitrogen and oxygen atoms in total. The number of rotatable bonds is 5. The summed E-state index contributed by atoms with van der Waals surface area (Å²) < 4.78 is 2.27. The zero-order valence-corrected chi connectivity index (χ0v) is 21.1. The Morgan fingerprint density at radius 3 is 2.31 bits per heavy atom. The molecule has 36 heavy (non-hydrogen) atoms. The third-order valence-corrected chi connectivity index (χ3v) is 7.15. The SMILES string of the molecule is CN(C)c1ccc(N2C(=S)NC(c3ccccn3)C2c2cccn2-c2ccc3ccccc3c2)cc1. The maximum atomic E-state index is 5.93. The highest BCUT2D eigenvalue weighted by atomic mass is 32.1. The molecule has 3 aromatic carbocycles. The molecule has 3 heterocycles. The number of hydrogen-bond donors (Lipinski definition) is 1. The van der Waals surface area contributed by atoms with Gasteiger partial charge in [0.2, 0.25) is 0 Å². The zero-order chi connectivity index (χ0) is 24.6. The molecule has 1 N–H and O–H groups in total. The first-order valence-electron chi connectivity index (χ1n) is 12.0. The van der Waals surface area contributed by atoms with Crippen molar-refractivity contribution in [1.82, 2.24) is 14.9 Å². The van der Waals surface area contributed by atoms with Gasteiger partial charge in [-0.05, 0) is 83.7 Å². The molecule has 2 atom stereocenters. The lowest BCUT2D eigenvalue weighted by molar-refractivity contribution is 0.549. The van der Waals surface area contributed by atoms with Gasteiger partial charge in [0, 0.05) is 49.2 Å². The number of nitrogens with zero attached hydrogens (tertiary/aromatic N) is 4. The molecule has 1 saturated heterocycles. The van der Waals surface area contributed by atoms with E-state index in [-0.39, 0.29) is 12.1 Å². The molecule has 0 aliphatic carbocycles. The number of hydrogen-bond acceptors (Lipinski definition) is 3. The van der Waals surface area contributed by atoms with Crippen LogP contribution in [0.5, 0.6) is 0 Å². The summed E-state index contributed by atoms with van der Waals surface area (Å²) in [6.07, 6.45) is 3.97. The number of pyridine rings is 1. The van der Waals surface area contributed by atoms with E-state index in [0.717, 1.165) is 28.5 Å². The lowest BCUT2D eigenvalue weighted by atomic mass is 10.0. The lowest BCUT2D eigenvalue weighted by Crippen LogP contribution is -2.30. The fraction of sp³-hybridized carbons (Fsp3) is 0.133. The molecule has 2 unspecified atom stereocenters. The van der Waals surface area contributed by atoms with Gasteiger partial charge >= 0.3 is 0 Å². The van der Waals surface area contributed by atoms with Crippen LogP contribution in [-0.2, 0) is 0 Å². The average Bonchev–Trinajstić information content (AvgIpc) is 3.53. The van der Waals surface area contributed by atoms with Gasteiger partial charge in [0.15, 0.2) is 5.11 Å². The predicted octanol–water partition coefficient (Wildman–Crippen LogP) is 6.27. The van der Waals surface area contributed by atoms with Gasteiger partial charge in [0.1, 0.15) is 6.04 Å². The molecule has 0 spiro atoms. The number of fused-ring (bicyclic) bond motifs is 1. The van der Waals surface area contributed by atoms with Crippen molar-refractivity contribution in [3.8, 4) is 5.69 Å². The summed E-state index contributed by atoms with van der Waals surface area (Å²) in [5.41, 5.74) is 5.42. The summed E-state index contributed by atoms with van der Waals surface area (Å²) >= 11 is 5.93. The van der Waals surface area contributed by atoms with Crippen molar-refractivity contribution in [2.75, 3.05) is 23.9 Å². The minimum absolute atomic E-state index is 0.0842. The van der Waals surface area contributed by atoms with Gasteiger partial charge in [0.25, 0.3) is 0 Å². The molecule has 0 amide bonds. The smallest absolute Gasteiger partial charge is 0.174 e. The van der Waals surface area contributed by atoms with Gasteiger partial charge in [-0.15, -0.1) is 0 Å². The maximum Gasteiger partial charge on any atom is 0.174 e. The summed E-state index contributed by atoms with van der Waals surface area (Å²) in [5, 5.41) is 6.71. The van der Waals surface area contributed by atoms with Crippen LogP contribution in [0, 0.1) is 0 Å². The monoisotopic (exact) mass is 489 g/mol. The van der Waals surface area contributed by atoms with Crippen LogP contribution in [0.4, 0.5) is 11.4 Å². The first kappa shape index (κ1) is 22.3. The zero-order valence-electron chi connectivity index (χ0n) is 20.2. The standard InChI is InChI=1S/C30H27N5S/c1-33(2)23-14-16-24(17-15-23)35-29(28(32-30(35)36)26-10-5-6-18-31-26)27-11-7-19-34(27)25-13-12-21-8-3-4-9-22(21)20-25/h3-20,28-29H,1-2H3,(H,32,36). The highest BCUT2D eigenvalue weighted by Gasteiger charge is 2.42. The number of thiocarbonyl (C=S) groups is 1. The summed E-state index contributed by atoms with van der Waals surface area (Å²) in [6, 6.07) is 33.7. The lowest BCUT2D eigenvalue weighted by Gasteiger charge is -2.29. The van der Waals surface area contributed by atoms with Gasteiger partial charge in [-0.3, -0.25) is 4.98 Å². The largest absolute Gasteiger partial charge is 0.378 e. The Morgan fingerprint density at radius 1 is 0.806 bits per heavy atom. The van der Waals surface area contributed by atoms with E-state index in [2.05, 4.69) is 111 Å². The van der Waals surface area contributed by atoms with Gasteiger partial charge in [-0.1, -0.05) is 36.4 Å². The molecule has 0 radical (unpaired) electrons. The van der Waals surface area contributed by atoms with Crippen molar-refractivity contribution >= 4 is 39.5 Å². The van der Waals surface area contributed by atoms with Crippen LogP contribution in [0.2, 0.25) is 0 Å². The van der Waals surface area contributed by atoms with E-state index >= 15 is 0 Å². The second kappa shape index (κ2) is 9.13. The Balaban J connectivity index is 1.49. The van der Waals surface area contributed by atoms with Crippen molar-refractivity contribution in [2.24, 2.45) is 0 Å². The highest BCUT2D eigenvalue weighted by molar-refractivity contribution is 7.80. The van der Waals surface area contributed by atoms with Gasteiger partial charge < -0.3 is 19.7 Å². The third kappa shape index (κ3) is 3.89. The normalized spacial score (nSPS) is 17.4. The second-order valence-electron chi connectivity index (χ2n) is 9.24. The fourth-order valence-electron chi connectivity index (χ4n) is 5.04. The first-order valence-corrected chi connectivity index (χ1v) is 12.5. The molecule has 1 aliphatic heterocycles. The summed E-state index contributed by atoms with van der Waals surface area (Å²) in [6.45, 7) is 0. The van der Waals surface area contributed by atoms with E-state index in [4.69, 9.17) is 17.2 Å². The van der Waals surface area contributed by atoms with Gasteiger partial charge in [-0.2, -0.15) is 0 Å². The van der Waals surface area contributed by atoms with Crippen LogP contribution < -0.4 is 15.1 Å². The molecule has 0 saturated carbocycles. The summed E-state index contributed by atoms with van der Waals surface area (Å²) in [4.78, 5) is 9.02. The van der Waals surface area contributed by atoms with Crippen LogP contribution in [-0.4, -0.2) is 28.8 Å². The fourth-order valence-corrected chi connectivity index (χ4v) is 5.39. The van der Waals surface area contributed by atoms with E-state index in [0.29, 0.717) is 5.11 Å². The molecule has 178 valence electrons. The molecule has 2 aromatic heterocycles. The number of benzene rings is 3. The van der Waals surface area contributed by atoms with Gasteiger partial charge in [0.05, 0.1) is 11.7 Å². The third-order valence-electron chi connectivity index (χ3n) is 6.84. The average molecular weight is 490 g/mol. The molecule has 1 aliphatic rings. The maximum absolute atomic E-state index is 5.93. The molecule has 6 rings (SSSR count). The first-order chi connectivity index (χ1) is 17.6. The Bertz CT molecular complexity index is 1520. The summed E-state index contributed by atoms with van der Waals surface area (Å²) in [5.74, 6) is 0. The second-order valence-corrected chi connectivity index (χ2v) is 9.63. The Morgan fingerprint density at radius 2 is 1.56 bits per heavy atom. The Labute approximate surface area is 216 Å². The molecule has 6 heteroatoms. The molecular formula is C30H27N5S. The quantitative estimate of drug-likeness (QED) is 0.295. The number of aromatic nitrogens is 2. The van der Waals surface area contributed by atoms with Crippen molar-refractivity contribution in [3.63, 3.8) is 0 Å². The van der Waals surface area contributed by atoms with Crippen LogP contribution in [0.1, 0.15) is 23.5 Å². The van der Waals surface area contributed by atoms with Gasteiger partial charge in [-0.25, -0.2) is 0 Å². The topological polar surface area (TPSA) is 36.3 Å². The minimum Gasteiger partial charge on any atom is -0.378 e. The van der Waals surface area contributed by atoms with Crippen LogP contribution in [0.25, 0.3) is 16.5 Å². The van der Waals surface area contributed by atoms with Crippen molar-refractivity contribution in [3.05, 3.63) is 121 Å². The van der Waals surface area contributed by atoms with E-state index in [1.54, 1.807) is 0 Å². The number of anilines is 2. The van der Waals surface area contributed by atoms with E-state index in [1.165, 1.54) is 10.8 Å². The minimum atomic E-state index is -0.0960. The van der Waals surface area contributed by atoms with E-state index < -0.39 is 0 Å². The van der Waals surface area contributed by atoms with Crippen LogP contribution in [0.15, 0.2) is 109 Å². The van der Waals surface area contributed by atoms with Crippen LogP contribution in [0.3, 0.4) is 0 Å². The number of nitrogens with one attached hydrogen (secondary N) is 1. The highest BCUT2D eigenvalue weighted by Crippen LogP contribution is 2.42. The Kier molecular flexibility index (Phi) is 5.66. The van der Waals surface area contributed by atoms with E-state index in [1.807, 2.05) is 32.4 Å². The Hall–Kier alpha value is -4.16. The molecule has 1 fully saturated rings. The van der Waals surface area contributed by atoms with Crippen molar-refractivity contribution in [2.45, 2.75) is 12.1 Å². The predicted molar refractivity (Wildman–Crippen MR) is 152 cm³/mol. The molecule has 5 aromatic rings. The molecule has 0 bridgehead atoms. The van der Waals surface area contributed by atoms with E-state index in [9.17, 15) is 0 Å². The van der Waals surface area contributed by atoms with Crippen molar-refractivity contribution < 1.29 is 0 Å².